The number of nitrogens with zero attached hydrogens (tertiary/aromatic N) is 5. The molecule has 36 heavy (non-hydrogen) atoms. The number of nitrogens with one attached hydrogen (secondary N) is 1. The van der Waals surface area contributed by atoms with Gasteiger partial charge in [-0.1, -0.05) is 0 Å². The highest BCUT2D eigenvalue weighted by Gasteiger charge is 2.31. The Morgan fingerprint density at radius 1 is 1.06 bits per heavy atom. The van der Waals surface area contributed by atoms with E-state index in [-0.39, 0.29) is 28.6 Å². The summed E-state index contributed by atoms with van der Waals surface area (Å²) < 4.78 is 43.9. The summed E-state index contributed by atoms with van der Waals surface area (Å²) in [5.74, 6) is -0.0947. The van der Waals surface area contributed by atoms with Crippen LogP contribution in [0, 0.1) is 0 Å². The number of aliphatic hydroxyl groups excluding tert-OH is 1. The Labute approximate surface area is 202 Å². The lowest BCUT2D eigenvalue weighted by Crippen LogP contribution is -2.51. The molecule has 1 saturated heterocycles. The summed E-state index contributed by atoms with van der Waals surface area (Å²) in [6, 6.07) is 4.83. The Morgan fingerprint density at radius 3 is 2.47 bits per heavy atom. The Kier molecular flexibility index (Phi) is 6.26. The second-order valence-corrected chi connectivity index (χ2v) is 8.76. The van der Waals surface area contributed by atoms with Gasteiger partial charge in [-0.2, -0.15) is 4.68 Å². The maximum absolute atomic E-state index is 13.1. The number of β-amino-alcohol motifs (C(OH)–C–C–N with tert-alkyl or cyclic N) is 1. The van der Waals surface area contributed by atoms with Gasteiger partial charge in [0.05, 0.1) is 24.3 Å². The zero-order chi connectivity index (χ0) is 25.4. The van der Waals surface area contributed by atoms with Crippen molar-refractivity contribution in [1.82, 2.24) is 24.2 Å². The second kappa shape index (κ2) is 9.39. The quantitative estimate of drug-likeness (QED) is 0.499. The molecule has 2 N–H and O–H groups in total. The van der Waals surface area contributed by atoms with E-state index in [1.54, 1.807) is 0 Å². The summed E-state index contributed by atoms with van der Waals surface area (Å²) in [5.41, 5.74) is 1.01. The van der Waals surface area contributed by atoms with E-state index in [0.717, 1.165) is 23.2 Å². The van der Waals surface area contributed by atoms with Crippen molar-refractivity contribution in [2.45, 2.75) is 38.3 Å². The van der Waals surface area contributed by atoms with E-state index >= 15 is 0 Å². The van der Waals surface area contributed by atoms with Crippen molar-refractivity contribution < 1.29 is 23.0 Å². The molecule has 0 spiro atoms. The van der Waals surface area contributed by atoms with Crippen molar-refractivity contribution in [3.05, 3.63) is 68.6 Å². The first-order valence-corrected chi connectivity index (χ1v) is 11.4. The topological polar surface area (TPSA) is 115 Å². The first-order valence-electron chi connectivity index (χ1n) is 11.4. The lowest BCUT2D eigenvalue weighted by Gasteiger charge is -2.35. The van der Waals surface area contributed by atoms with E-state index in [9.17, 15) is 27.9 Å². The first-order chi connectivity index (χ1) is 17.2. The van der Waals surface area contributed by atoms with Crippen molar-refractivity contribution in [1.29, 1.82) is 0 Å². The standard InChI is InChI=1S/C23H23F3N6O4/c24-23(25,26)36-16-6-4-14(5-7-16)32-21(34)18-3-1-2-17(18)20(29-32)28-19-10-27-13-31(22(19)35)9-8-30-11-15(33)12-30/h4-7,10,13,15,33H,1-3,8-9,11-12H2,(H,28,29). The lowest BCUT2D eigenvalue weighted by atomic mass is 10.2. The van der Waals surface area contributed by atoms with Crippen LogP contribution in [0.4, 0.5) is 24.7 Å². The average Bonchev–Trinajstić information content (AvgIpc) is 3.30. The highest BCUT2D eigenvalue weighted by atomic mass is 19.4. The molecule has 0 atom stereocenters. The number of aromatic nitrogens is 4. The van der Waals surface area contributed by atoms with Crippen molar-refractivity contribution in [3.8, 4) is 11.4 Å². The highest BCUT2D eigenvalue weighted by Crippen LogP contribution is 2.28. The summed E-state index contributed by atoms with van der Waals surface area (Å²) in [6.07, 6.45) is -0.465. The number of benzene rings is 1. The molecule has 0 radical (unpaired) electrons. The fourth-order valence-corrected chi connectivity index (χ4v) is 4.44. The predicted molar refractivity (Wildman–Crippen MR) is 123 cm³/mol. The van der Waals surface area contributed by atoms with Gasteiger partial charge < -0.3 is 15.2 Å². The van der Waals surface area contributed by atoms with Gasteiger partial charge in [-0.25, -0.2) is 4.98 Å². The number of alkyl halides is 3. The molecule has 1 aromatic carbocycles. The van der Waals surface area contributed by atoms with Crippen LogP contribution in [0.2, 0.25) is 0 Å². The summed E-state index contributed by atoms with van der Waals surface area (Å²) in [5, 5.41) is 16.9. The second-order valence-electron chi connectivity index (χ2n) is 8.76. The molecule has 3 aromatic rings. The van der Waals surface area contributed by atoms with Crippen LogP contribution in [0.1, 0.15) is 17.5 Å². The van der Waals surface area contributed by atoms with Crippen LogP contribution in [-0.4, -0.2) is 61.4 Å². The fourth-order valence-electron chi connectivity index (χ4n) is 4.44. The van der Waals surface area contributed by atoms with Crippen LogP contribution in [0.25, 0.3) is 5.69 Å². The molecule has 3 heterocycles. The summed E-state index contributed by atoms with van der Waals surface area (Å²) in [6.45, 7) is 2.13. The molecule has 1 aliphatic carbocycles. The van der Waals surface area contributed by atoms with Crippen molar-refractivity contribution >= 4 is 11.5 Å². The van der Waals surface area contributed by atoms with E-state index in [4.69, 9.17) is 0 Å². The summed E-state index contributed by atoms with van der Waals surface area (Å²) in [7, 11) is 0. The van der Waals surface area contributed by atoms with Crippen LogP contribution in [0.15, 0.2) is 46.4 Å². The molecule has 5 rings (SSSR count). The number of hydrogen-bond acceptors (Lipinski definition) is 8. The van der Waals surface area contributed by atoms with Crippen LogP contribution in [0.3, 0.4) is 0 Å². The molecule has 190 valence electrons. The van der Waals surface area contributed by atoms with Crippen molar-refractivity contribution in [2.75, 3.05) is 25.0 Å². The van der Waals surface area contributed by atoms with Crippen LogP contribution < -0.4 is 21.2 Å². The number of ether oxygens (including phenoxy) is 1. The fraction of sp³-hybridized carbons (Fsp3) is 0.391. The zero-order valence-corrected chi connectivity index (χ0v) is 19.0. The van der Waals surface area contributed by atoms with Gasteiger partial charge >= 0.3 is 6.36 Å². The summed E-state index contributed by atoms with van der Waals surface area (Å²) >= 11 is 0. The van der Waals surface area contributed by atoms with E-state index in [0.29, 0.717) is 56.0 Å². The van der Waals surface area contributed by atoms with E-state index < -0.39 is 12.1 Å². The molecule has 0 bridgehead atoms. The minimum Gasteiger partial charge on any atom is -0.406 e. The Bertz CT molecular complexity index is 1380. The van der Waals surface area contributed by atoms with Gasteiger partial charge in [0.1, 0.15) is 11.4 Å². The minimum atomic E-state index is -4.83. The number of aliphatic hydroxyl groups is 1. The van der Waals surface area contributed by atoms with E-state index in [1.165, 1.54) is 29.2 Å². The van der Waals surface area contributed by atoms with E-state index in [1.807, 2.05) is 4.90 Å². The maximum Gasteiger partial charge on any atom is 0.573 e. The normalized spacial score (nSPS) is 16.0. The third kappa shape index (κ3) is 4.97. The number of halogens is 3. The molecule has 1 aliphatic heterocycles. The smallest absolute Gasteiger partial charge is 0.406 e. The van der Waals surface area contributed by atoms with Gasteiger partial charge in [0.25, 0.3) is 11.1 Å². The van der Waals surface area contributed by atoms with Crippen LogP contribution >= 0.6 is 0 Å². The SMILES string of the molecule is O=c1c(Nc2nn(-c3ccc(OC(F)(F)F)cc3)c(=O)c3c2CCC3)cncn1CCN1CC(O)C1. The molecule has 2 aromatic heterocycles. The van der Waals surface area contributed by atoms with Gasteiger partial charge in [-0.3, -0.25) is 19.1 Å². The molecular weight excluding hydrogens is 481 g/mol. The van der Waals surface area contributed by atoms with Crippen LogP contribution in [-0.2, 0) is 19.4 Å². The number of hydrogen-bond donors (Lipinski definition) is 2. The van der Waals surface area contributed by atoms with E-state index in [2.05, 4.69) is 20.1 Å². The molecule has 0 unspecified atom stereocenters. The van der Waals surface area contributed by atoms with Gasteiger partial charge in [0, 0.05) is 37.3 Å². The molecule has 1 fully saturated rings. The highest BCUT2D eigenvalue weighted by molar-refractivity contribution is 5.60. The molecule has 13 heteroatoms. The third-order valence-electron chi connectivity index (χ3n) is 6.22. The minimum absolute atomic E-state index is 0.182. The Hall–Kier alpha value is -3.71. The van der Waals surface area contributed by atoms with Gasteiger partial charge in [0.15, 0.2) is 5.82 Å². The zero-order valence-electron chi connectivity index (χ0n) is 19.0. The first kappa shape index (κ1) is 24.0. The third-order valence-corrected chi connectivity index (χ3v) is 6.22. The molecule has 2 aliphatic rings. The molecule has 0 saturated carbocycles. The number of likely N-dealkylation sites (tertiary alicyclic amines) is 1. The lowest BCUT2D eigenvalue weighted by molar-refractivity contribution is -0.274. The Balaban J connectivity index is 1.43. The number of anilines is 2. The summed E-state index contributed by atoms with van der Waals surface area (Å²) in [4.78, 5) is 32.2. The number of fused-ring (bicyclic) bond motifs is 1. The molecule has 0 amide bonds. The largest absolute Gasteiger partial charge is 0.573 e. The van der Waals surface area contributed by atoms with Crippen molar-refractivity contribution in [3.63, 3.8) is 0 Å². The van der Waals surface area contributed by atoms with Crippen molar-refractivity contribution in [2.24, 2.45) is 0 Å². The molecule has 10 nitrogen and oxygen atoms in total. The monoisotopic (exact) mass is 504 g/mol. The predicted octanol–water partition coefficient (Wildman–Crippen LogP) is 1.60. The van der Waals surface area contributed by atoms with Gasteiger partial charge in [-0.05, 0) is 43.5 Å². The maximum atomic E-state index is 13.1. The van der Waals surface area contributed by atoms with Crippen LogP contribution in [0.5, 0.6) is 5.75 Å². The number of rotatable bonds is 7. The van der Waals surface area contributed by atoms with Gasteiger partial charge in [-0.15, -0.1) is 18.3 Å². The molecular formula is C23H23F3N6O4. The van der Waals surface area contributed by atoms with Gasteiger partial charge in [0.2, 0.25) is 0 Å². The Morgan fingerprint density at radius 2 is 1.78 bits per heavy atom. The average molecular weight is 504 g/mol.